The van der Waals surface area contributed by atoms with Gasteiger partial charge in [0.05, 0.1) is 17.6 Å². The molecule has 7 nitrogen and oxygen atoms in total. The molecule has 3 rings (SSSR count). The molecule has 0 radical (unpaired) electrons. The zero-order valence-electron chi connectivity index (χ0n) is 16.4. The van der Waals surface area contributed by atoms with Crippen LogP contribution in [0.5, 0.6) is 0 Å². The van der Waals surface area contributed by atoms with E-state index in [1.165, 1.54) is 18.5 Å². The first-order chi connectivity index (χ1) is 14.0. The number of pyridine rings is 1. The van der Waals surface area contributed by atoms with Gasteiger partial charge >= 0.3 is 6.03 Å². The number of primary amides is 1. The normalized spacial score (nSPS) is 16.2. The minimum Gasteiger partial charge on any atom is -0.459 e. The van der Waals surface area contributed by atoms with E-state index in [-0.39, 0.29) is 11.6 Å². The van der Waals surface area contributed by atoms with Crippen LogP contribution in [0.1, 0.15) is 54.8 Å². The van der Waals surface area contributed by atoms with Gasteiger partial charge in [0.1, 0.15) is 0 Å². The van der Waals surface area contributed by atoms with E-state index in [4.69, 9.17) is 10.2 Å². The number of aromatic nitrogens is 1. The Morgan fingerprint density at radius 3 is 2.86 bits per heavy atom. The molecule has 2 aromatic rings. The Bertz CT molecular complexity index is 825. The number of halogens is 1. The summed E-state index contributed by atoms with van der Waals surface area (Å²) in [4.78, 5) is 29.1. The number of nitrogens with two attached hydrogens (primary N) is 1. The second kappa shape index (κ2) is 10.0. The number of urea groups is 1. The molecule has 3 N–H and O–H groups in total. The van der Waals surface area contributed by atoms with E-state index in [0.29, 0.717) is 23.8 Å². The predicted octanol–water partition coefficient (Wildman–Crippen LogP) is 3.96. The Morgan fingerprint density at radius 2 is 2.10 bits per heavy atom. The van der Waals surface area contributed by atoms with Crippen molar-refractivity contribution >= 4 is 17.6 Å². The zero-order chi connectivity index (χ0) is 20.6. The highest BCUT2D eigenvalue weighted by Crippen LogP contribution is 2.24. The van der Waals surface area contributed by atoms with Gasteiger partial charge < -0.3 is 20.4 Å². The number of amides is 3. The van der Waals surface area contributed by atoms with Crippen molar-refractivity contribution in [2.45, 2.75) is 44.9 Å². The maximum absolute atomic E-state index is 14.2. The first kappa shape index (κ1) is 20.8. The monoisotopic (exact) mass is 402 g/mol. The van der Waals surface area contributed by atoms with Gasteiger partial charge in [-0.2, -0.15) is 0 Å². The number of rotatable bonds is 9. The molecule has 0 saturated carbocycles. The molecule has 156 valence electrons. The highest BCUT2D eigenvalue weighted by atomic mass is 19.1. The lowest BCUT2D eigenvalue weighted by Gasteiger charge is -2.15. The van der Waals surface area contributed by atoms with Gasteiger partial charge in [-0.25, -0.2) is 9.18 Å². The van der Waals surface area contributed by atoms with Crippen molar-refractivity contribution in [3.63, 3.8) is 0 Å². The fourth-order valence-electron chi connectivity index (χ4n) is 3.78. The predicted molar refractivity (Wildman–Crippen MR) is 107 cm³/mol. The van der Waals surface area contributed by atoms with Crippen molar-refractivity contribution in [2.75, 3.05) is 18.4 Å². The lowest BCUT2D eigenvalue weighted by Crippen LogP contribution is -2.28. The lowest BCUT2D eigenvalue weighted by molar-refractivity contribution is 0.0754. The quantitative estimate of drug-likeness (QED) is 0.620. The second-order valence-electron chi connectivity index (χ2n) is 7.44. The molecule has 0 aromatic carbocycles. The van der Waals surface area contributed by atoms with Crippen LogP contribution >= 0.6 is 0 Å². The summed E-state index contributed by atoms with van der Waals surface area (Å²) in [7, 11) is 0. The molecule has 29 heavy (non-hydrogen) atoms. The van der Waals surface area contributed by atoms with Crippen LogP contribution in [-0.2, 0) is 6.42 Å². The summed E-state index contributed by atoms with van der Waals surface area (Å²) in [6.45, 7) is 1.57. The summed E-state index contributed by atoms with van der Waals surface area (Å²) in [6, 6.07) is 4.03. The molecule has 3 heterocycles. The third kappa shape index (κ3) is 5.79. The van der Waals surface area contributed by atoms with E-state index in [2.05, 4.69) is 10.3 Å². The maximum atomic E-state index is 14.2. The van der Waals surface area contributed by atoms with Gasteiger partial charge in [-0.3, -0.25) is 9.78 Å². The van der Waals surface area contributed by atoms with Gasteiger partial charge in [0.2, 0.25) is 0 Å². The average molecular weight is 402 g/mol. The maximum Gasteiger partial charge on any atom is 0.316 e. The summed E-state index contributed by atoms with van der Waals surface area (Å²) >= 11 is 0. The van der Waals surface area contributed by atoms with E-state index in [0.717, 1.165) is 51.6 Å². The number of unbranched alkanes of at least 4 members (excludes halogenated alkanes) is 3. The van der Waals surface area contributed by atoms with Crippen molar-refractivity contribution in [3.8, 4) is 0 Å². The van der Waals surface area contributed by atoms with Crippen LogP contribution in [-0.4, -0.2) is 34.9 Å². The second-order valence-corrected chi connectivity index (χ2v) is 7.44. The fraction of sp³-hybridized carbons (Fsp3) is 0.476. The van der Waals surface area contributed by atoms with E-state index in [9.17, 15) is 14.0 Å². The summed E-state index contributed by atoms with van der Waals surface area (Å²) in [5, 5.41) is 2.27. The van der Waals surface area contributed by atoms with Gasteiger partial charge in [0, 0.05) is 19.3 Å². The number of hydrogen-bond donors (Lipinski definition) is 2. The Labute approximate surface area is 169 Å². The largest absolute Gasteiger partial charge is 0.459 e. The van der Waals surface area contributed by atoms with E-state index in [1.807, 2.05) is 4.90 Å². The first-order valence-electron chi connectivity index (χ1n) is 10.1. The number of carbonyl (C=O) groups is 2. The van der Waals surface area contributed by atoms with Crippen LogP contribution in [0, 0.1) is 11.7 Å². The number of likely N-dealkylation sites (tertiary alicyclic amines) is 1. The van der Waals surface area contributed by atoms with Crippen molar-refractivity contribution in [1.29, 1.82) is 0 Å². The molecule has 1 unspecified atom stereocenters. The molecular weight excluding hydrogens is 375 g/mol. The topological polar surface area (TPSA) is 101 Å². The average Bonchev–Trinajstić information content (AvgIpc) is 3.38. The third-order valence-electron chi connectivity index (χ3n) is 5.30. The van der Waals surface area contributed by atoms with Crippen molar-refractivity contribution in [2.24, 2.45) is 11.7 Å². The minimum atomic E-state index is -0.794. The van der Waals surface area contributed by atoms with Crippen molar-refractivity contribution in [3.05, 3.63) is 47.9 Å². The summed E-state index contributed by atoms with van der Waals surface area (Å²) in [5.41, 5.74) is 5.45. The van der Waals surface area contributed by atoms with Crippen LogP contribution in [0.15, 0.2) is 35.1 Å². The standard InChI is InChI=1S/C21H27FN4O3/c22-19-16(24-11-9-17(19)25-21(23)28)7-4-2-1-3-6-15-10-12-26(14-15)20(27)18-8-5-13-29-18/h5,8-9,11,13,15H,1-4,6-7,10,12,14H2,(H3,23,24,25,28). The Kier molecular flexibility index (Phi) is 7.21. The highest BCUT2D eigenvalue weighted by Gasteiger charge is 2.27. The highest BCUT2D eigenvalue weighted by molar-refractivity contribution is 5.91. The fourth-order valence-corrected chi connectivity index (χ4v) is 3.78. The molecule has 8 heteroatoms. The zero-order valence-corrected chi connectivity index (χ0v) is 16.4. The molecule has 0 bridgehead atoms. The SMILES string of the molecule is NC(=O)Nc1ccnc(CCCCCCC2CCN(C(=O)c3ccco3)C2)c1F. The number of aryl methyl sites for hydroxylation is 1. The van der Waals surface area contributed by atoms with Gasteiger partial charge in [0.25, 0.3) is 5.91 Å². The number of furan rings is 1. The number of anilines is 1. The smallest absolute Gasteiger partial charge is 0.316 e. The molecule has 3 amide bonds. The van der Waals surface area contributed by atoms with Crippen LogP contribution in [0.2, 0.25) is 0 Å². The molecule has 1 saturated heterocycles. The molecular formula is C21H27FN4O3. The molecule has 2 aromatic heterocycles. The van der Waals surface area contributed by atoms with Crippen molar-refractivity contribution in [1.82, 2.24) is 9.88 Å². The van der Waals surface area contributed by atoms with Gasteiger partial charge in [-0.15, -0.1) is 0 Å². The number of hydrogen-bond acceptors (Lipinski definition) is 4. The molecule has 1 atom stereocenters. The van der Waals surface area contributed by atoms with E-state index in [1.54, 1.807) is 12.1 Å². The minimum absolute atomic E-state index is 0.0277. The first-order valence-corrected chi connectivity index (χ1v) is 10.1. The summed E-state index contributed by atoms with van der Waals surface area (Å²) in [6.07, 6.45) is 9.60. The van der Waals surface area contributed by atoms with Crippen LogP contribution < -0.4 is 11.1 Å². The van der Waals surface area contributed by atoms with Crippen LogP contribution in [0.3, 0.4) is 0 Å². The summed E-state index contributed by atoms with van der Waals surface area (Å²) in [5.74, 6) is 0.393. The van der Waals surface area contributed by atoms with E-state index < -0.39 is 11.8 Å². The van der Waals surface area contributed by atoms with Gasteiger partial charge in [0.15, 0.2) is 11.6 Å². The number of carbonyl (C=O) groups excluding carboxylic acids is 2. The number of nitrogens with zero attached hydrogens (tertiary/aromatic N) is 2. The molecule has 1 aliphatic rings. The number of nitrogens with one attached hydrogen (secondary N) is 1. The Hall–Kier alpha value is -2.90. The van der Waals surface area contributed by atoms with Gasteiger partial charge in [-0.05, 0) is 49.8 Å². The molecule has 0 spiro atoms. The molecule has 1 fully saturated rings. The van der Waals surface area contributed by atoms with Gasteiger partial charge in [-0.1, -0.05) is 19.3 Å². The van der Waals surface area contributed by atoms with Crippen LogP contribution in [0.4, 0.5) is 14.9 Å². The Morgan fingerprint density at radius 1 is 1.28 bits per heavy atom. The summed E-state index contributed by atoms with van der Waals surface area (Å²) < 4.78 is 19.4. The van der Waals surface area contributed by atoms with E-state index >= 15 is 0 Å². The third-order valence-corrected chi connectivity index (χ3v) is 5.30. The van der Waals surface area contributed by atoms with Crippen molar-refractivity contribution < 1.29 is 18.4 Å². The lowest BCUT2D eigenvalue weighted by atomic mass is 9.99. The molecule has 0 aliphatic carbocycles. The van der Waals surface area contributed by atoms with Crippen LogP contribution in [0.25, 0.3) is 0 Å². The Balaban J connectivity index is 1.32. The molecule has 1 aliphatic heterocycles.